The van der Waals surface area contributed by atoms with Crippen molar-refractivity contribution in [3.63, 3.8) is 0 Å². The summed E-state index contributed by atoms with van der Waals surface area (Å²) in [5.74, 6) is -0.118. The summed E-state index contributed by atoms with van der Waals surface area (Å²) in [6.45, 7) is 2.01. The number of hydrogen-bond acceptors (Lipinski definition) is 5. The number of para-hydroxylation sites is 2. The molecular weight excluding hydrogens is 612 g/mol. The Bertz CT molecular complexity index is 2210. The lowest BCUT2D eigenvalue weighted by atomic mass is 10.1. The maximum atomic E-state index is 13.5. The molecule has 1 N–H and O–H groups in total. The maximum Gasteiger partial charge on any atom is 0.295 e. The average molecular weight is 641 g/mol. The second-order valence-corrected chi connectivity index (χ2v) is 11.1. The van der Waals surface area contributed by atoms with Gasteiger partial charge in [0.1, 0.15) is 35.4 Å². The van der Waals surface area contributed by atoms with Crippen molar-refractivity contribution in [1.82, 2.24) is 19.1 Å². The molecular formula is C37H29ClN6O3. The fraction of sp³-hybridized carbons (Fsp3) is 0.0811. The van der Waals surface area contributed by atoms with Gasteiger partial charge in [-0.15, -0.1) is 0 Å². The molecule has 0 atom stereocenters. The van der Waals surface area contributed by atoms with Crippen LogP contribution >= 0.6 is 11.6 Å². The van der Waals surface area contributed by atoms with Crippen molar-refractivity contribution in [2.45, 2.75) is 13.5 Å². The number of benzene rings is 4. The van der Waals surface area contributed by atoms with Crippen molar-refractivity contribution in [2.24, 2.45) is 7.05 Å². The molecule has 9 nitrogen and oxygen atoms in total. The van der Waals surface area contributed by atoms with Crippen LogP contribution in [0, 0.1) is 18.3 Å². The molecule has 0 saturated carbocycles. The molecule has 0 aliphatic rings. The number of carbonyl (C=O) groups is 1. The van der Waals surface area contributed by atoms with Crippen molar-refractivity contribution in [3.05, 3.63) is 153 Å². The number of nitrogens with one attached hydrogen (secondary N) is 1. The summed E-state index contributed by atoms with van der Waals surface area (Å²) in [4.78, 5) is 26.9. The number of amides is 1. The molecule has 2 heterocycles. The number of aromatic nitrogens is 4. The minimum absolute atomic E-state index is 0.0890. The number of hydrogen-bond donors (Lipinski definition) is 1. The van der Waals surface area contributed by atoms with Crippen LogP contribution in [0.1, 0.15) is 16.8 Å². The van der Waals surface area contributed by atoms with Crippen LogP contribution in [0.3, 0.4) is 0 Å². The second-order valence-electron chi connectivity index (χ2n) is 10.7. The molecule has 0 aliphatic heterocycles. The normalized spacial score (nSPS) is 11.2. The first-order chi connectivity index (χ1) is 22.8. The van der Waals surface area contributed by atoms with Crippen molar-refractivity contribution in [2.75, 3.05) is 5.32 Å². The van der Waals surface area contributed by atoms with E-state index in [0.717, 1.165) is 11.3 Å². The summed E-state index contributed by atoms with van der Waals surface area (Å²) >= 11 is 6.31. The van der Waals surface area contributed by atoms with Crippen molar-refractivity contribution in [1.29, 1.82) is 5.26 Å². The van der Waals surface area contributed by atoms with Crippen LogP contribution in [0.2, 0.25) is 5.02 Å². The molecule has 0 unspecified atom stereocenters. The van der Waals surface area contributed by atoms with E-state index in [1.807, 2.05) is 103 Å². The number of nitriles is 1. The fourth-order valence-electron chi connectivity index (χ4n) is 5.14. The Morgan fingerprint density at radius 1 is 0.957 bits per heavy atom. The highest BCUT2D eigenvalue weighted by molar-refractivity contribution is 6.31. The number of halogens is 1. The molecule has 6 aromatic rings. The Balaban J connectivity index is 1.35. The first kappa shape index (κ1) is 30.9. The van der Waals surface area contributed by atoms with Gasteiger partial charge in [-0.25, -0.2) is 9.36 Å². The minimum atomic E-state index is -0.714. The topological polar surface area (TPSA) is 107 Å². The van der Waals surface area contributed by atoms with E-state index < -0.39 is 11.5 Å². The van der Waals surface area contributed by atoms with E-state index >= 15 is 0 Å². The quantitative estimate of drug-likeness (QED) is 0.134. The zero-order valence-electron chi connectivity index (χ0n) is 25.6. The highest BCUT2D eigenvalue weighted by Gasteiger charge is 2.21. The number of ether oxygens (including phenoxy) is 1. The molecule has 1 amide bonds. The van der Waals surface area contributed by atoms with Crippen molar-refractivity contribution < 1.29 is 9.53 Å². The summed E-state index contributed by atoms with van der Waals surface area (Å²) < 4.78 is 10.9. The first-order valence-corrected chi connectivity index (χ1v) is 15.1. The highest BCUT2D eigenvalue weighted by Crippen LogP contribution is 2.29. The van der Waals surface area contributed by atoms with Crippen LogP contribution in [0.4, 0.5) is 5.69 Å². The fourth-order valence-corrected chi connectivity index (χ4v) is 5.33. The summed E-state index contributed by atoms with van der Waals surface area (Å²) in [6, 6.07) is 35.5. The Hall–Kier alpha value is -6.11. The summed E-state index contributed by atoms with van der Waals surface area (Å²) in [6.07, 6.45) is 3.23. The Labute approximate surface area is 276 Å². The molecule has 0 radical (unpaired) electrons. The smallest absolute Gasteiger partial charge is 0.295 e. The van der Waals surface area contributed by atoms with E-state index in [1.165, 1.54) is 10.8 Å². The van der Waals surface area contributed by atoms with Gasteiger partial charge in [-0.2, -0.15) is 10.4 Å². The van der Waals surface area contributed by atoms with Gasteiger partial charge in [-0.1, -0.05) is 78.3 Å². The molecule has 4 aromatic carbocycles. The van der Waals surface area contributed by atoms with Crippen LogP contribution in [0.25, 0.3) is 28.7 Å². The molecule has 0 bridgehead atoms. The van der Waals surface area contributed by atoms with Gasteiger partial charge in [0.15, 0.2) is 0 Å². The standard InChI is InChI=1S/C37H29ClN6O3/c1-25-34(37(46)44(42(25)2)31-16-7-4-8-17-31)40-36(45)28(22-39)20-29-23-43(30-14-5-3-6-15-30)41-35(29)26-13-11-18-32(21-26)47-24-27-12-9-10-19-33(27)38/h3-21,23H,24H2,1-2H3,(H,40,45). The zero-order chi connectivity index (χ0) is 32.9. The van der Waals surface area contributed by atoms with Crippen LogP contribution in [-0.2, 0) is 18.4 Å². The second kappa shape index (κ2) is 13.5. The van der Waals surface area contributed by atoms with E-state index in [-0.39, 0.29) is 17.9 Å². The lowest BCUT2D eigenvalue weighted by Gasteiger charge is -2.09. The summed E-state index contributed by atoms with van der Waals surface area (Å²) in [5, 5.41) is 18.2. The van der Waals surface area contributed by atoms with E-state index in [9.17, 15) is 14.9 Å². The molecule has 10 heteroatoms. The van der Waals surface area contributed by atoms with Gasteiger partial charge in [-0.05, 0) is 55.5 Å². The number of anilines is 1. The van der Waals surface area contributed by atoms with Crippen LogP contribution in [0.15, 0.2) is 126 Å². The summed E-state index contributed by atoms with van der Waals surface area (Å²) in [5.41, 5.74) is 4.08. The van der Waals surface area contributed by atoms with Crippen LogP contribution < -0.4 is 15.6 Å². The third-order valence-corrected chi connectivity index (χ3v) is 8.05. The highest BCUT2D eigenvalue weighted by atomic mass is 35.5. The van der Waals surface area contributed by atoms with Gasteiger partial charge in [-0.3, -0.25) is 14.3 Å². The van der Waals surface area contributed by atoms with Crippen molar-refractivity contribution in [3.8, 4) is 34.5 Å². The molecule has 6 rings (SSSR count). The SMILES string of the molecule is Cc1c(NC(=O)C(C#N)=Cc2cn(-c3ccccc3)nc2-c2cccc(OCc3ccccc3Cl)c2)c(=O)n(-c2ccccc2)n1C. The van der Waals surface area contributed by atoms with Gasteiger partial charge < -0.3 is 10.1 Å². The number of carbonyl (C=O) groups excluding carboxylic acids is 1. The molecule has 232 valence electrons. The Kier molecular flexibility index (Phi) is 8.86. The van der Waals surface area contributed by atoms with Crippen molar-refractivity contribution >= 4 is 29.3 Å². The third-order valence-electron chi connectivity index (χ3n) is 7.68. The van der Waals surface area contributed by atoms with E-state index in [0.29, 0.717) is 39.0 Å². The zero-order valence-corrected chi connectivity index (χ0v) is 26.3. The molecule has 0 fully saturated rings. The lowest BCUT2D eigenvalue weighted by Crippen LogP contribution is -2.23. The van der Waals surface area contributed by atoms with E-state index in [4.69, 9.17) is 21.4 Å². The van der Waals surface area contributed by atoms with E-state index in [1.54, 1.807) is 41.7 Å². The molecule has 0 saturated heterocycles. The molecule has 2 aromatic heterocycles. The van der Waals surface area contributed by atoms with Gasteiger partial charge >= 0.3 is 0 Å². The molecule has 47 heavy (non-hydrogen) atoms. The predicted molar refractivity (Wildman–Crippen MR) is 183 cm³/mol. The number of nitrogens with zero attached hydrogens (tertiary/aromatic N) is 5. The largest absolute Gasteiger partial charge is 0.489 e. The van der Waals surface area contributed by atoms with Gasteiger partial charge in [0.2, 0.25) is 0 Å². The first-order valence-electron chi connectivity index (χ1n) is 14.7. The lowest BCUT2D eigenvalue weighted by molar-refractivity contribution is -0.112. The molecule has 0 spiro atoms. The van der Waals surface area contributed by atoms with Gasteiger partial charge in [0.05, 0.1) is 17.1 Å². The predicted octanol–water partition coefficient (Wildman–Crippen LogP) is 7.12. The average Bonchev–Trinajstić information content (AvgIpc) is 3.62. The van der Waals surface area contributed by atoms with Crippen LogP contribution in [-0.4, -0.2) is 25.1 Å². The Morgan fingerprint density at radius 2 is 1.64 bits per heavy atom. The van der Waals surface area contributed by atoms with Gasteiger partial charge in [0, 0.05) is 35.0 Å². The summed E-state index contributed by atoms with van der Waals surface area (Å²) in [7, 11) is 1.73. The Morgan fingerprint density at radius 3 is 2.34 bits per heavy atom. The number of rotatable bonds is 9. The van der Waals surface area contributed by atoms with E-state index in [2.05, 4.69) is 5.32 Å². The maximum absolute atomic E-state index is 13.5. The monoisotopic (exact) mass is 640 g/mol. The minimum Gasteiger partial charge on any atom is -0.489 e. The van der Waals surface area contributed by atoms with Crippen LogP contribution in [0.5, 0.6) is 5.75 Å². The van der Waals surface area contributed by atoms with Gasteiger partial charge in [0.25, 0.3) is 11.5 Å². The third kappa shape index (κ3) is 6.50. The molecule has 0 aliphatic carbocycles.